The van der Waals surface area contributed by atoms with Crippen molar-refractivity contribution in [2.75, 3.05) is 10.9 Å². The fourth-order valence-electron chi connectivity index (χ4n) is 1.92. The third-order valence-electron chi connectivity index (χ3n) is 3.09. The van der Waals surface area contributed by atoms with E-state index < -0.39 is 0 Å². The molecule has 18 heavy (non-hydrogen) atoms. The largest absolute Gasteiger partial charge is 0.301 e. The molecule has 0 atom stereocenters. The molecular formula is C16H20N2. The van der Waals surface area contributed by atoms with Gasteiger partial charge in [-0.1, -0.05) is 36.8 Å². The fourth-order valence-corrected chi connectivity index (χ4v) is 1.92. The second kappa shape index (κ2) is 5.58. The molecule has 0 bridgehead atoms. The summed E-state index contributed by atoms with van der Waals surface area (Å²) in [4.78, 5) is 0. The Labute approximate surface area is 109 Å². The molecule has 0 amide bonds. The molecule has 2 heteroatoms. The lowest BCUT2D eigenvalue weighted by molar-refractivity contribution is 1.14. The van der Waals surface area contributed by atoms with E-state index in [-0.39, 0.29) is 0 Å². The second-order valence-corrected chi connectivity index (χ2v) is 4.62. The molecule has 2 N–H and O–H groups in total. The molecule has 0 unspecified atom stereocenters. The topological polar surface area (TPSA) is 24.1 Å². The van der Waals surface area contributed by atoms with Gasteiger partial charge in [0.15, 0.2) is 0 Å². The van der Waals surface area contributed by atoms with Crippen LogP contribution < -0.4 is 10.9 Å². The Morgan fingerprint density at radius 2 is 1.61 bits per heavy atom. The number of hydrogen-bond donors (Lipinski definition) is 2. The van der Waals surface area contributed by atoms with E-state index in [4.69, 9.17) is 0 Å². The molecule has 94 valence electrons. The van der Waals surface area contributed by atoms with Gasteiger partial charge in [0.25, 0.3) is 0 Å². The number of aryl methyl sites for hydroxylation is 3. The molecule has 0 fully saturated rings. The zero-order valence-electron chi connectivity index (χ0n) is 11.2. The first-order valence-corrected chi connectivity index (χ1v) is 6.37. The number of hydrazine groups is 1. The van der Waals surface area contributed by atoms with Crippen molar-refractivity contribution in [2.24, 2.45) is 0 Å². The van der Waals surface area contributed by atoms with Crippen molar-refractivity contribution in [3.63, 3.8) is 0 Å². The van der Waals surface area contributed by atoms with Gasteiger partial charge in [-0.05, 0) is 49.6 Å². The summed E-state index contributed by atoms with van der Waals surface area (Å²) in [5.74, 6) is 0. The van der Waals surface area contributed by atoms with Crippen molar-refractivity contribution in [2.45, 2.75) is 27.2 Å². The van der Waals surface area contributed by atoms with E-state index in [1.807, 2.05) is 0 Å². The molecule has 0 heterocycles. The molecule has 0 radical (unpaired) electrons. The Balaban J connectivity index is 2.02. The molecule has 2 aromatic carbocycles. The average molecular weight is 240 g/mol. The predicted octanol–water partition coefficient (Wildman–Crippen LogP) is 4.30. The highest BCUT2D eigenvalue weighted by Gasteiger charge is 1.97. The van der Waals surface area contributed by atoms with Crippen LogP contribution in [-0.2, 0) is 6.42 Å². The lowest BCUT2D eigenvalue weighted by Crippen LogP contribution is -2.09. The first-order valence-electron chi connectivity index (χ1n) is 6.37. The number of anilines is 2. The van der Waals surface area contributed by atoms with Gasteiger partial charge in [0.1, 0.15) is 0 Å². The van der Waals surface area contributed by atoms with E-state index in [2.05, 4.69) is 74.1 Å². The molecule has 2 nitrogen and oxygen atoms in total. The fraction of sp³-hybridized carbons (Fsp3) is 0.250. The van der Waals surface area contributed by atoms with Crippen LogP contribution in [0.15, 0.2) is 42.5 Å². The minimum absolute atomic E-state index is 1.07. The summed E-state index contributed by atoms with van der Waals surface area (Å²) in [6, 6.07) is 14.8. The van der Waals surface area contributed by atoms with Crippen LogP contribution in [0.25, 0.3) is 0 Å². The second-order valence-electron chi connectivity index (χ2n) is 4.62. The van der Waals surface area contributed by atoms with Gasteiger partial charge in [-0.15, -0.1) is 0 Å². The van der Waals surface area contributed by atoms with Crippen LogP contribution in [0.1, 0.15) is 23.6 Å². The van der Waals surface area contributed by atoms with Gasteiger partial charge in [-0.25, -0.2) is 0 Å². The van der Waals surface area contributed by atoms with E-state index in [0.29, 0.717) is 0 Å². The number of rotatable bonds is 4. The number of hydrogen-bond acceptors (Lipinski definition) is 2. The van der Waals surface area contributed by atoms with Crippen LogP contribution in [0.3, 0.4) is 0 Å². The van der Waals surface area contributed by atoms with Crippen LogP contribution in [-0.4, -0.2) is 0 Å². The normalized spacial score (nSPS) is 10.2. The van der Waals surface area contributed by atoms with Crippen molar-refractivity contribution in [3.05, 3.63) is 59.2 Å². The molecule has 0 spiro atoms. The average Bonchev–Trinajstić information content (AvgIpc) is 2.38. The quantitative estimate of drug-likeness (QED) is 0.778. The maximum absolute atomic E-state index is 3.24. The summed E-state index contributed by atoms with van der Waals surface area (Å²) in [6.07, 6.45) is 1.07. The number of benzene rings is 2. The number of nitrogens with one attached hydrogen (secondary N) is 2. The van der Waals surface area contributed by atoms with Crippen molar-refractivity contribution < 1.29 is 0 Å². The van der Waals surface area contributed by atoms with Gasteiger partial charge in [-0.2, -0.15) is 0 Å². The monoisotopic (exact) mass is 240 g/mol. The van der Waals surface area contributed by atoms with Crippen LogP contribution in [0.5, 0.6) is 0 Å². The smallest absolute Gasteiger partial charge is 0.0569 e. The van der Waals surface area contributed by atoms with Crippen LogP contribution >= 0.6 is 0 Å². The third-order valence-corrected chi connectivity index (χ3v) is 3.09. The lowest BCUT2D eigenvalue weighted by atomic mass is 10.1. The molecular weight excluding hydrogens is 220 g/mol. The Morgan fingerprint density at radius 3 is 2.22 bits per heavy atom. The van der Waals surface area contributed by atoms with E-state index >= 15 is 0 Å². The van der Waals surface area contributed by atoms with Crippen molar-refractivity contribution in [1.82, 2.24) is 0 Å². The van der Waals surface area contributed by atoms with Crippen LogP contribution in [0, 0.1) is 13.8 Å². The maximum Gasteiger partial charge on any atom is 0.0569 e. The summed E-state index contributed by atoms with van der Waals surface area (Å²) >= 11 is 0. The molecule has 0 aromatic heterocycles. The van der Waals surface area contributed by atoms with Gasteiger partial charge >= 0.3 is 0 Å². The molecule has 2 rings (SSSR count). The Bertz CT molecular complexity index is 515. The van der Waals surface area contributed by atoms with Crippen molar-refractivity contribution >= 4 is 11.4 Å². The van der Waals surface area contributed by atoms with Crippen molar-refractivity contribution in [3.8, 4) is 0 Å². The highest BCUT2D eigenvalue weighted by atomic mass is 15.4. The van der Waals surface area contributed by atoms with Crippen LogP contribution in [0.4, 0.5) is 11.4 Å². The highest BCUT2D eigenvalue weighted by Crippen LogP contribution is 2.17. The minimum atomic E-state index is 1.07. The standard InChI is InChI=1S/C16H20N2/c1-4-14-6-8-15(9-7-14)17-18-16-10-5-12(2)11-13(16)3/h5-11,17-18H,4H2,1-3H3. The highest BCUT2D eigenvalue weighted by molar-refractivity contribution is 5.57. The van der Waals surface area contributed by atoms with Gasteiger partial charge in [0.05, 0.1) is 11.4 Å². The van der Waals surface area contributed by atoms with Gasteiger partial charge in [-0.3, -0.25) is 0 Å². The summed E-state index contributed by atoms with van der Waals surface area (Å²) in [6.45, 7) is 6.38. The van der Waals surface area contributed by atoms with Gasteiger partial charge in [0, 0.05) is 0 Å². The Morgan fingerprint density at radius 1 is 0.889 bits per heavy atom. The molecule has 0 aliphatic rings. The summed E-state index contributed by atoms with van der Waals surface area (Å²) < 4.78 is 0. The van der Waals surface area contributed by atoms with Gasteiger partial charge < -0.3 is 10.9 Å². The molecule has 0 aliphatic carbocycles. The summed E-state index contributed by atoms with van der Waals surface area (Å²) in [5, 5.41) is 0. The zero-order chi connectivity index (χ0) is 13.0. The summed E-state index contributed by atoms with van der Waals surface area (Å²) in [7, 11) is 0. The van der Waals surface area contributed by atoms with E-state index in [0.717, 1.165) is 17.8 Å². The molecule has 0 aliphatic heterocycles. The lowest BCUT2D eigenvalue weighted by Gasteiger charge is -2.12. The first kappa shape index (κ1) is 12.5. The minimum Gasteiger partial charge on any atom is -0.301 e. The van der Waals surface area contributed by atoms with E-state index in [1.165, 1.54) is 16.7 Å². The molecule has 0 saturated heterocycles. The SMILES string of the molecule is CCc1ccc(NNc2ccc(C)cc2C)cc1. The van der Waals surface area contributed by atoms with E-state index in [1.54, 1.807) is 0 Å². The molecule has 2 aromatic rings. The van der Waals surface area contributed by atoms with Crippen LogP contribution in [0.2, 0.25) is 0 Å². The maximum atomic E-state index is 3.24. The predicted molar refractivity (Wildman–Crippen MR) is 79.0 cm³/mol. The van der Waals surface area contributed by atoms with Crippen molar-refractivity contribution in [1.29, 1.82) is 0 Å². The van der Waals surface area contributed by atoms with Gasteiger partial charge in [0.2, 0.25) is 0 Å². The molecule has 0 saturated carbocycles. The Hall–Kier alpha value is -1.96. The zero-order valence-corrected chi connectivity index (χ0v) is 11.2. The van der Waals surface area contributed by atoms with E-state index in [9.17, 15) is 0 Å². The Kier molecular flexibility index (Phi) is 3.88. The third kappa shape index (κ3) is 3.04. The summed E-state index contributed by atoms with van der Waals surface area (Å²) in [5.41, 5.74) is 12.5. The first-order chi connectivity index (χ1) is 8.69.